The molecule has 0 aliphatic carbocycles. The Hall–Kier alpha value is -2.06. The van der Waals surface area contributed by atoms with E-state index in [4.69, 9.17) is 10.00 Å². The van der Waals surface area contributed by atoms with E-state index in [0.717, 1.165) is 5.69 Å². The van der Waals surface area contributed by atoms with Crippen molar-refractivity contribution in [3.63, 3.8) is 0 Å². The first kappa shape index (κ1) is 15.3. The summed E-state index contributed by atoms with van der Waals surface area (Å²) in [6.07, 6.45) is 0. The number of nitriles is 1. The number of nitrogens with zero attached hydrogens (tertiary/aromatic N) is 2. The van der Waals surface area contributed by atoms with Gasteiger partial charge in [-0.3, -0.25) is 4.79 Å². The molecule has 1 atom stereocenters. The number of carbonyl (C=O) groups excluding carboxylic acids is 1. The predicted molar refractivity (Wildman–Crippen MR) is 80.8 cm³/mol. The van der Waals surface area contributed by atoms with E-state index < -0.39 is 0 Å². The fourth-order valence-electron chi connectivity index (χ4n) is 2.31. The van der Waals surface area contributed by atoms with Crippen LogP contribution in [0.2, 0.25) is 0 Å². The van der Waals surface area contributed by atoms with Gasteiger partial charge in [-0.1, -0.05) is 13.8 Å². The largest absolute Gasteiger partial charge is 0.378 e. The molecule has 1 aromatic carbocycles. The van der Waals surface area contributed by atoms with Crippen molar-refractivity contribution < 1.29 is 9.53 Å². The second-order valence-electron chi connectivity index (χ2n) is 5.49. The molecule has 0 aromatic heterocycles. The smallest absolute Gasteiger partial charge is 0.245 e. The number of anilines is 1. The minimum atomic E-state index is -0.268. The van der Waals surface area contributed by atoms with Crippen molar-refractivity contribution >= 4 is 11.6 Å². The van der Waals surface area contributed by atoms with Gasteiger partial charge in [0.05, 0.1) is 24.8 Å². The Labute approximate surface area is 125 Å². The molecule has 0 saturated carbocycles. The Balaban J connectivity index is 2.07. The van der Waals surface area contributed by atoms with Gasteiger partial charge in [-0.05, 0) is 30.2 Å². The molecule has 0 bridgehead atoms. The van der Waals surface area contributed by atoms with Crippen LogP contribution in [0, 0.1) is 17.2 Å². The maximum atomic E-state index is 12.6. The number of morpholine rings is 1. The van der Waals surface area contributed by atoms with E-state index in [9.17, 15) is 4.79 Å². The molecular weight excluding hydrogens is 266 g/mol. The van der Waals surface area contributed by atoms with Gasteiger partial charge in [0.1, 0.15) is 6.04 Å². The van der Waals surface area contributed by atoms with Crippen LogP contribution in [-0.2, 0) is 9.53 Å². The standard InChI is InChI=1S/C16H21N3O2/c1-12(2)15(16(20)19-7-9-21-10-8-19)18-14-5-3-13(11-17)4-6-14/h3-6,12,15,18H,7-10H2,1-2H3. The number of benzene rings is 1. The Bertz CT molecular complexity index is 513. The van der Waals surface area contributed by atoms with Crippen molar-refractivity contribution in [3.05, 3.63) is 29.8 Å². The summed E-state index contributed by atoms with van der Waals surface area (Å²) in [6, 6.07) is 8.99. The van der Waals surface area contributed by atoms with Gasteiger partial charge in [0, 0.05) is 18.8 Å². The average Bonchev–Trinajstić information content (AvgIpc) is 2.53. The number of amides is 1. The lowest BCUT2D eigenvalue weighted by atomic mass is 10.0. The van der Waals surface area contributed by atoms with Crippen molar-refractivity contribution in [2.24, 2.45) is 5.92 Å². The Morgan fingerprint density at radius 2 is 1.90 bits per heavy atom. The van der Waals surface area contributed by atoms with Gasteiger partial charge >= 0.3 is 0 Å². The summed E-state index contributed by atoms with van der Waals surface area (Å²) in [5.41, 5.74) is 1.47. The van der Waals surface area contributed by atoms with Gasteiger partial charge < -0.3 is 15.0 Å². The van der Waals surface area contributed by atoms with Gasteiger partial charge in [-0.2, -0.15) is 5.26 Å². The number of hydrogen-bond donors (Lipinski definition) is 1. The molecule has 2 rings (SSSR count). The predicted octanol–water partition coefficient (Wildman–Crippen LogP) is 1.85. The molecule has 1 aromatic rings. The third-order valence-electron chi connectivity index (χ3n) is 3.59. The van der Waals surface area contributed by atoms with E-state index in [0.29, 0.717) is 31.9 Å². The number of nitrogens with one attached hydrogen (secondary N) is 1. The fourth-order valence-corrected chi connectivity index (χ4v) is 2.31. The first-order chi connectivity index (χ1) is 10.1. The number of carbonyl (C=O) groups is 1. The lowest BCUT2D eigenvalue weighted by Gasteiger charge is -2.32. The second kappa shape index (κ2) is 7.09. The summed E-state index contributed by atoms with van der Waals surface area (Å²) in [5, 5.41) is 12.1. The molecule has 1 fully saturated rings. The van der Waals surface area contributed by atoms with E-state index >= 15 is 0 Å². The highest BCUT2D eigenvalue weighted by Crippen LogP contribution is 2.16. The molecule has 112 valence electrons. The second-order valence-corrected chi connectivity index (χ2v) is 5.49. The molecular formula is C16H21N3O2. The summed E-state index contributed by atoms with van der Waals surface area (Å²) in [4.78, 5) is 14.5. The molecule has 1 unspecified atom stereocenters. The Morgan fingerprint density at radius 3 is 2.43 bits per heavy atom. The molecule has 1 saturated heterocycles. The third-order valence-corrected chi connectivity index (χ3v) is 3.59. The lowest BCUT2D eigenvalue weighted by Crippen LogP contribution is -2.49. The maximum absolute atomic E-state index is 12.6. The van der Waals surface area contributed by atoms with Crippen LogP contribution in [0.25, 0.3) is 0 Å². The Kier molecular flexibility index (Phi) is 5.18. The summed E-state index contributed by atoms with van der Waals surface area (Å²) in [6.45, 7) is 6.56. The summed E-state index contributed by atoms with van der Waals surface area (Å²) < 4.78 is 5.29. The van der Waals surface area contributed by atoms with Gasteiger partial charge in [0.15, 0.2) is 0 Å². The third kappa shape index (κ3) is 3.96. The van der Waals surface area contributed by atoms with Gasteiger partial charge in [0.25, 0.3) is 0 Å². The van der Waals surface area contributed by atoms with Crippen LogP contribution in [0.15, 0.2) is 24.3 Å². The first-order valence-corrected chi connectivity index (χ1v) is 7.25. The zero-order valence-electron chi connectivity index (χ0n) is 12.5. The SMILES string of the molecule is CC(C)C(Nc1ccc(C#N)cc1)C(=O)N1CCOCC1. The monoisotopic (exact) mass is 287 g/mol. The van der Waals surface area contributed by atoms with E-state index in [-0.39, 0.29) is 17.9 Å². The molecule has 1 amide bonds. The van der Waals surface area contributed by atoms with E-state index in [1.54, 1.807) is 12.1 Å². The van der Waals surface area contributed by atoms with Crippen molar-refractivity contribution in [3.8, 4) is 6.07 Å². The fraction of sp³-hybridized carbons (Fsp3) is 0.500. The zero-order valence-corrected chi connectivity index (χ0v) is 12.5. The van der Waals surface area contributed by atoms with Crippen molar-refractivity contribution in [1.82, 2.24) is 4.90 Å². The van der Waals surface area contributed by atoms with E-state index in [1.165, 1.54) is 0 Å². The van der Waals surface area contributed by atoms with Crippen LogP contribution in [0.4, 0.5) is 5.69 Å². The van der Waals surface area contributed by atoms with Gasteiger partial charge in [-0.15, -0.1) is 0 Å². The van der Waals surface area contributed by atoms with Crippen LogP contribution in [0.5, 0.6) is 0 Å². The normalized spacial score (nSPS) is 16.4. The molecule has 0 spiro atoms. The molecule has 5 heteroatoms. The highest BCUT2D eigenvalue weighted by Gasteiger charge is 2.28. The van der Waals surface area contributed by atoms with Crippen molar-refractivity contribution in [2.45, 2.75) is 19.9 Å². The van der Waals surface area contributed by atoms with Gasteiger partial charge in [-0.25, -0.2) is 0 Å². The molecule has 1 aliphatic rings. The summed E-state index contributed by atoms with van der Waals surface area (Å²) in [5.74, 6) is 0.286. The molecule has 5 nitrogen and oxygen atoms in total. The highest BCUT2D eigenvalue weighted by molar-refractivity contribution is 5.85. The highest BCUT2D eigenvalue weighted by atomic mass is 16.5. The average molecular weight is 287 g/mol. The minimum absolute atomic E-state index is 0.109. The first-order valence-electron chi connectivity index (χ1n) is 7.25. The quantitative estimate of drug-likeness (QED) is 0.918. The van der Waals surface area contributed by atoms with Crippen LogP contribution in [0.3, 0.4) is 0 Å². The molecule has 0 radical (unpaired) electrons. The number of ether oxygens (including phenoxy) is 1. The van der Waals surface area contributed by atoms with E-state index in [1.807, 2.05) is 30.9 Å². The molecule has 21 heavy (non-hydrogen) atoms. The molecule has 1 heterocycles. The lowest BCUT2D eigenvalue weighted by molar-refractivity contribution is -0.137. The van der Waals surface area contributed by atoms with Crippen molar-refractivity contribution in [1.29, 1.82) is 5.26 Å². The minimum Gasteiger partial charge on any atom is -0.378 e. The number of rotatable bonds is 4. The summed E-state index contributed by atoms with van der Waals surface area (Å²) >= 11 is 0. The number of hydrogen-bond acceptors (Lipinski definition) is 4. The van der Waals surface area contributed by atoms with Crippen LogP contribution in [-0.4, -0.2) is 43.2 Å². The summed E-state index contributed by atoms with van der Waals surface area (Å²) in [7, 11) is 0. The van der Waals surface area contributed by atoms with Gasteiger partial charge in [0.2, 0.25) is 5.91 Å². The van der Waals surface area contributed by atoms with E-state index in [2.05, 4.69) is 11.4 Å². The van der Waals surface area contributed by atoms with Crippen LogP contribution >= 0.6 is 0 Å². The van der Waals surface area contributed by atoms with Crippen LogP contribution < -0.4 is 5.32 Å². The topological polar surface area (TPSA) is 65.4 Å². The molecule has 1 aliphatic heterocycles. The zero-order chi connectivity index (χ0) is 15.2. The molecule has 1 N–H and O–H groups in total. The van der Waals surface area contributed by atoms with Crippen molar-refractivity contribution in [2.75, 3.05) is 31.6 Å². The Morgan fingerprint density at radius 1 is 1.29 bits per heavy atom. The van der Waals surface area contributed by atoms with Crippen LogP contribution in [0.1, 0.15) is 19.4 Å². The maximum Gasteiger partial charge on any atom is 0.245 e.